The molecule has 1 aromatic carbocycles. The number of para-hydroxylation sites is 1. The van der Waals surface area contributed by atoms with Crippen molar-refractivity contribution in [2.24, 2.45) is 0 Å². The molecule has 138 valence electrons. The van der Waals surface area contributed by atoms with Crippen LogP contribution in [0.4, 0.5) is 10.5 Å². The van der Waals surface area contributed by atoms with Crippen molar-refractivity contribution < 1.29 is 14.3 Å². The topological polar surface area (TPSA) is 63.7 Å². The van der Waals surface area contributed by atoms with E-state index in [0.29, 0.717) is 24.7 Å². The monoisotopic (exact) mass is 355 g/mol. The number of hydrogen-bond donors (Lipinski definition) is 1. The highest BCUT2D eigenvalue weighted by molar-refractivity contribution is 5.90. The summed E-state index contributed by atoms with van der Waals surface area (Å²) < 4.78 is 11.4. The van der Waals surface area contributed by atoms with Crippen molar-refractivity contribution in [2.75, 3.05) is 25.5 Å². The lowest BCUT2D eigenvalue weighted by Crippen LogP contribution is -2.43. The number of carbonyl (C=O) groups is 1. The van der Waals surface area contributed by atoms with Gasteiger partial charge in [-0.3, -0.25) is 0 Å². The van der Waals surface area contributed by atoms with Crippen LogP contribution in [-0.2, 0) is 0 Å². The van der Waals surface area contributed by atoms with Crippen LogP contribution >= 0.6 is 0 Å². The first kappa shape index (κ1) is 18.0. The number of methoxy groups -OCH3 is 1. The zero-order valence-corrected chi connectivity index (χ0v) is 15.5. The van der Waals surface area contributed by atoms with Gasteiger partial charge < -0.3 is 19.7 Å². The van der Waals surface area contributed by atoms with Gasteiger partial charge >= 0.3 is 6.03 Å². The van der Waals surface area contributed by atoms with Crippen LogP contribution in [0.5, 0.6) is 11.6 Å². The van der Waals surface area contributed by atoms with Gasteiger partial charge in [-0.15, -0.1) is 0 Å². The summed E-state index contributed by atoms with van der Waals surface area (Å²) in [6, 6.07) is 9.57. The standard InChI is InChI=1S/C20H25N3O3/c1-14-6-4-7-15(2)18(14)26-16-9-12-23(13-10-16)20(24)22-17-8-5-11-21-19(17)25-3/h4-8,11,16H,9-10,12-13H2,1-3H3,(H,22,24). The molecule has 2 aromatic rings. The molecule has 0 saturated carbocycles. The summed E-state index contributed by atoms with van der Waals surface area (Å²) in [5.41, 5.74) is 2.87. The van der Waals surface area contributed by atoms with Gasteiger partial charge in [-0.25, -0.2) is 9.78 Å². The number of carbonyl (C=O) groups excluding carboxylic acids is 1. The number of benzene rings is 1. The Morgan fingerprint density at radius 2 is 1.85 bits per heavy atom. The van der Waals surface area contributed by atoms with Crippen LogP contribution in [0.25, 0.3) is 0 Å². The van der Waals surface area contributed by atoms with Gasteiger partial charge in [-0.05, 0) is 37.1 Å². The normalized spacial score (nSPS) is 14.8. The Hall–Kier alpha value is -2.76. The lowest BCUT2D eigenvalue weighted by atomic mass is 10.1. The largest absolute Gasteiger partial charge is 0.490 e. The molecule has 0 radical (unpaired) electrons. The molecule has 0 bridgehead atoms. The molecular formula is C20H25N3O3. The molecule has 1 fully saturated rings. The highest BCUT2D eigenvalue weighted by Crippen LogP contribution is 2.27. The van der Waals surface area contributed by atoms with Crippen molar-refractivity contribution in [2.45, 2.75) is 32.8 Å². The van der Waals surface area contributed by atoms with E-state index in [9.17, 15) is 4.79 Å². The molecule has 0 atom stereocenters. The van der Waals surface area contributed by atoms with Crippen LogP contribution < -0.4 is 14.8 Å². The number of amides is 2. The van der Waals surface area contributed by atoms with Crippen LogP contribution in [-0.4, -0.2) is 42.2 Å². The smallest absolute Gasteiger partial charge is 0.321 e. The first-order valence-corrected chi connectivity index (χ1v) is 8.86. The number of likely N-dealkylation sites (tertiary alicyclic amines) is 1. The number of urea groups is 1. The Kier molecular flexibility index (Phi) is 5.61. The van der Waals surface area contributed by atoms with Crippen molar-refractivity contribution in [3.63, 3.8) is 0 Å². The summed E-state index contributed by atoms with van der Waals surface area (Å²) in [4.78, 5) is 18.4. The number of pyridine rings is 1. The number of nitrogens with zero attached hydrogens (tertiary/aromatic N) is 2. The van der Waals surface area contributed by atoms with Crippen molar-refractivity contribution in [3.05, 3.63) is 47.7 Å². The average Bonchev–Trinajstić information content (AvgIpc) is 2.66. The maximum atomic E-state index is 12.5. The summed E-state index contributed by atoms with van der Waals surface area (Å²) in [6.07, 6.45) is 3.38. The number of ether oxygens (including phenoxy) is 2. The summed E-state index contributed by atoms with van der Waals surface area (Å²) in [5, 5.41) is 2.87. The van der Waals surface area contributed by atoms with Crippen LogP contribution in [0, 0.1) is 13.8 Å². The summed E-state index contributed by atoms with van der Waals surface area (Å²) in [7, 11) is 1.54. The Balaban J connectivity index is 1.56. The van der Waals surface area contributed by atoms with Crippen LogP contribution in [0.15, 0.2) is 36.5 Å². The molecule has 2 amide bonds. The maximum absolute atomic E-state index is 12.5. The van der Waals surface area contributed by atoms with Crippen molar-refractivity contribution in [1.82, 2.24) is 9.88 Å². The summed E-state index contributed by atoms with van der Waals surface area (Å²) in [6.45, 7) is 5.44. The molecule has 26 heavy (non-hydrogen) atoms. The number of aryl methyl sites for hydroxylation is 2. The molecule has 0 aliphatic carbocycles. The minimum Gasteiger partial charge on any atom is -0.490 e. The first-order valence-electron chi connectivity index (χ1n) is 8.86. The molecule has 6 nitrogen and oxygen atoms in total. The second-order valence-electron chi connectivity index (χ2n) is 6.52. The third-order valence-corrected chi connectivity index (χ3v) is 4.63. The van der Waals surface area contributed by atoms with E-state index in [1.165, 1.54) is 7.11 Å². The molecular weight excluding hydrogens is 330 g/mol. The van der Waals surface area contributed by atoms with E-state index in [2.05, 4.69) is 36.3 Å². The summed E-state index contributed by atoms with van der Waals surface area (Å²) in [5.74, 6) is 1.38. The molecule has 0 spiro atoms. The van der Waals surface area contributed by atoms with E-state index in [-0.39, 0.29) is 12.1 Å². The van der Waals surface area contributed by atoms with E-state index in [1.807, 2.05) is 6.07 Å². The molecule has 1 aromatic heterocycles. The van der Waals surface area contributed by atoms with Gasteiger partial charge in [0.15, 0.2) is 0 Å². The van der Waals surface area contributed by atoms with Gasteiger partial charge in [0, 0.05) is 32.1 Å². The van der Waals surface area contributed by atoms with Crippen LogP contribution in [0.3, 0.4) is 0 Å². The summed E-state index contributed by atoms with van der Waals surface area (Å²) >= 11 is 0. The number of anilines is 1. The highest BCUT2D eigenvalue weighted by atomic mass is 16.5. The number of hydrogen-bond acceptors (Lipinski definition) is 4. The van der Waals surface area contributed by atoms with Gasteiger partial charge in [0.05, 0.1) is 7.11 Å². The maximum Gasteiger partial charge on any atom is 0.321 e. The molecule has 1 aliphatic rings. The number of piperidine rings is 1. The second-order valence-corrected chi connectivity index (χ2v) is 6.52. The molecule has 6 heteroatoms. The molecule has 1 saturated heterocycles. The Labute approximate surface area is 154 Å². The van der Waals surface area contributed by atoms with Crippen molar-refractivity contribution in [1.29, 1.82) is 0 Å². The van der Waals surface area contributed by atoms with E-state index in [0.717, 1.165) is 29.7 Å². The van der Waals surface area contributed by atoms with Gasteiger partial charge in [0.25, 0.3) is 0 Å². The lowest BCUT2D eigenvalue weighted by molar-refractivity contribution is 0.114. The molecule has 1 aliphatic heterocycles. The third-order valence-electron chi connectivity index (χ3n) is 4.63. The van der Waals surface area contributed by atoms with Crippen molar-refractivity contribution in [3.8, 4) is 11.6 Å². The Bertz CT molecular complexity index is 750. The second kappa shape index (κ2) is 8.08. The predicted molar refractivity (Wildman–Crippen MR) is 101 cm³/mol. The van der Waals surface area contributed by atoms with Crippen molar-refractivity contribution >= 4 is 11.7 Å². The first-order chi connectivity index (χ1) is 12.6. The van der Waals surface area contributed by atoms with E-state index >= 15 is 0 Å². The van der Waals surface area contributed by atoms with Gasteiger partial charge in [0.2, 0.25) is 5.88 Å². The minimum atomic E-state index is -0.137. The zero-order chi connectivity index (χ0) is 18.5. The average molecular weight is 355 g/mol. The fourth-order valence-electron chi connectivity index (χ4n) is 3.17. The van der Waals surface area contributed by atoms with E-state index < -0.39 is 0 Å². The quantitative estimate of drug-likeness (QED) is 0.906. The number of aromatic nitrogens is 1. The van der Waals surface area contributed by atoms with Crippen LogP contribution in [0.1, 0.15) is 24.0 Å². The predicted octanol–water partition coefficient (Wildman–Crippen LogP) is 3.78. The lowest BCUT2D eigenvalue weighted by Gasteiger charge is -2.32. The SMILES string of the molecule is COc1ncccc1NC(=O)N1CCC(Oc2c(C)cccc2C)CC1. The van der Waals surface area contributed by atoms with E-state index in [4.69, 9.17) is 9.47 Å². The number of nitrogens with one attached hydrogen (secondary N) is 1. The van der Waals surface area contributed by atoms with Gasteiger partial charge in [-0.1, -0.05) is 18.2 Å². The zero-order valence-electron chi connectivity index (χ0n) is 15.5. The minimum absolute atomic E-state index is 0.131. The highest BCUT2D eigenvalue weighted by Gasteiger charge is 2.25. The van der Waals surface area contributed by atoms with Crippen LogP contribution in [0.2, 0.25) is 0 Å². The third kappa shape index (κ3) is 4.07. The fraction of sp³-hybridized carbons (Fsp3) is 0.400. The Morgan fingerprint density at radius 3 is 2.50 bits per heavy atom. The molecule has 0 unspecified atom stereocenters. The molecule has 3 rings (SSSR count). The van der Waals surface area contributed by atoms with E-state index in [1.54, 1.807) is 23.2 Å². The fourth-order valence-corrected chi connectivity index (χ4v) is 3.17. The van der Waals surface area contributed by atoms with Gasteiger partial charge in [-0.2, -0.15) is 0 Å². The number of rotatable bonds is 4. The van der Waals surface area contributed by atoms with Gasteiger partial charge in [0.1, 0.15) is 17.5 Å². The Morgan fingerprint density at radius 1 is 1.15 bits per heavy atom. The molecule has 1 N–H and O–H groups in total. The molecule has 2 heterocycles.